The number of aryl methyl sites for hydroxylation is 1. The van der Waals surface area contributed by atoms with E-state index in [2.05, 4.69) is 15.6 Å². The van der Waals surface area contributed by atoms with Gasteiger partial charge >= 0.3 is 6.03 Å². The Morgan fingerprint density at radius 1 is 1.17 bits per heavy atom. The monoisotopic (exact) mass is 325 g/mol. The Balaban J connectivity index is 1.58. The molecule has 1 aromatic heterocycles. The van der Waals surface area contributed by atoms with Crippen LogP contribution in [-0.4, -0.2) is 11.0 Å². The zero-order chi connectivity index (χ0) is 16.2. The first-order chi connectivity index (χ1) is 11.1. The molecule has 23 heavy (non-hydrogen) atoms. The number of thiazole rings is 1. The van der Waals surface area contributed by atoms with Gasteiger partial charge in [-0.1, -0.05) is 36.4 Å². The van der Waals surface area contributed by atoms with Crippen LogP contribution in [0, 0.1) is 6.92 Å². The summed E-state index contributed by atoms with van der Waals surface area (Å²) >= 11 is 1.60. The molecule has 2 aromatic carbocycles. The number of nitrogens with one attached hydrogen (secondary N) is 2. The molecule has 0 unspecified atom stereocenters. The third kappa shape index (κ3) is 3.68. The second-order valence-electron chi connectivity index (χ2n) is 5.48. The van der Waals surface area contributed by atoms with Gasteiger partial charge in [0.1, 0.15) is 5.01 Å². The Kier molecular flexibility index (Phi) is 4.57. The molecule has 2 N–H and O–H groups in total. The van der Waals surface area contributed by atoms with E-state index in [1.54, 1.807) is 11.3 Å². The van der Waals surface area contributed by atoms with E-state index in [1.165, 1.54) is 5.56 Å². The normalized spacial score (nSPS) is 12.1. The highest BCUT2D eigenvalue weighted by molar-refractivity contribution is 7.18. The molecule has 0 radical (unpaired) electrons. The van der Waals surface area contributed by atoms with Crippen molar-refractivity contribution in [2.24, 2.45) is 0 Å². The van der Waals surface area contributed by atoms with E-state index < -0.39 is 0 Å². The Morgan fingerprint density at radius 3 is 2.70 bits per heavy atom. The van der Waals surface area contributed by atoms with Crippen LogP contribution in [0.3, 0.4) is 0 Å². The first kappa shape index (κ1) is 15.5. The molecule has 1 atom stereocenters. The van der Waals surface area contributed by atoms with Gasteiger partial charge in [0.05, 0.1) is 22.8 Å². The van der Waals surface area contributed by atoms with Gasteiger partial charge in [0.25, 0.3) is 0 Å². The van der Waals surface area contributed by atoms with Crippen LogP contribution >= 0.6 is 11.3 Å². The molecule has 0 saturated heterocycles. The number of aromatic nitrogens is 1. The summed E-state index contributed by atoms with van der Waals surface area (Å²) in [5.74, 6) is 0. The molecule has 0 fully saturated rings. The molecule has 4 nitrogen and oxygen atoms in total. The first-order valence-electron chi connectivity index (χ1n) is 7.58. The second kappa shape index (κ2) is 6.79. The zero-order valence-corrected chi connectivity index (χ0v) is 14.0. The van der Waals surface area contributed by atoms with Crippen LogP contribution in [0.15, 0.2) is 48.5 Å². The van der Waals surface area contributed by atoms with Gasteiger partial charge in [-0.15, -0.1) is 11.3 Å². The van der Waals surface area contributed by atoms with E-state index in [0.29, 0.717) is 6.54 Å². The second-order valence-corrected chi connectivity index (χ2v) is 6.60. The third-order valence-corrected chi connectivity index (χ3v) is 4.78. The predicted molar refractivity (Wildman–Crippen MR) is 94.6 cm³/mol. The molecule has 118 valence electrons. The Hall–Kier alpha value is -2.40. The fourth-order valence-electron chi connectivity index (χ4n) is 2.55. The highest BCUT2D eigenvalue weighted by atomic mass is 32.1. The maximum atomic E-state index is 12.1. The molecule has 0 spiro atoms. The fourth-order valence-corrected chi connectivity index (χ4v) is 3.46. The minimum atomic E-state index is -0.181. The summed E-state index contributed by atoms with van der Waals surface area (Å²) in [5, 5.41) is 6.75. The van der Waals surface area contributed by atoms with Gasteiger partial charge in [0.2, 0.25) is 0 Å². The Bertz CT molecular complexity index is 795. The average Bonchev–Trinajstić information content (AvgIpc) is 2.96. The number of amides is 2. The topological polar surface area (TPSA) is 54.0 Å². The molecule has 3 rings (SSSR count). The van der Waals surface area contributed by atoms with Gasteiger partial charge in [0, 0.05) is 0 Å². The summed E-state index contributed by atoms with van der Waals surface area (Å²) in [7, 11) is 0. The standard InChI is InChI=1S/C18H19N3OS/c1-12-7-3-4-8-14(12)13(2)20-18(22)19-11-17-21-15-9-5-6-10-16(15)23-17/h3-10,13H,11H2,1-2H3,(H2,19,20,22)/t13-/m0/s1. The van der Waals surface area contributed by atoms with Crippen LogP contribution in [0.5, 0.6) is 0 Å². The Morgan fingerprint density at radius 2 is 1.91 bits per heavy atom. The molecule has 5 heteroatoms. The summed E-state index contributed by atoms with van der Waals surface area (Å²) in [6.45, 7) is 4.47. The maximum absolute atomic E-state index is 12.1. The number of para-hydroxylation sites is 1. The van der Waals surface area contributed by atoms with E-state index in [0.717, 1.165) is 20.8 Å². The van der Waals surface area contributed by atoms with Crippen molar-refractivity contribution >= 4 is 27.6 Å². The van der Waals surface area contributed by atoms with E-state index in [-0.39, 0.29) is 12.1 Å². The Labute approximate surface area is 139 Å². The van der Waals surface area contributed by atoms with Gasteiger partial charge < -0.3 is 10.6 Å². The molecule has 0 saturated carbocycles. The van der Waals surface area contributed by atoms with Crippen LogP contribution in [0.1, 0.15) is 29.1 Å². The van der Waals surface area contributed by atoms with Crippen LogP contribution in [-0.2, 0) is 6.54 Å². The molecule has 0 aliphatic heterocycles. The summed E-state index contributed by atoms with van der Waals surface area (Å²) in [5.41, 5.74) is 3.28. The van der Waals surface area contributed by atoms with E-state index in [9.17, 15) is 4.79 Å². The first-order valence-corrected chi connectivity index (χ1v) is 8.39. The zero-order valence-electron chi connectivity index (χ0n) is 13.2. The highest BCUT2D eigenvalue weighted by Gasteiger charge is 2.11. The van der Waals surface area contributed by atoms with Crippen LogP contribution in [0.25, 0.3) is 10.2 Å². The molecular weight excluding hydrogens is 306 g/mol. The van der Waals surface area contributed by atoms with Crippen molar-refractivity contribution in [2.45, 2.75) is 26.4 Å². The van der Waals surface area contributed by atoms with Crippen LogP contribution < -0.4 is 10.6 Å². The molecule has 3 aromatic rings. The van der Waals surface area contributed by atoms with Gasteiger partial charge in [-0.3, -0.25) is 0 Å². The number of benzene rings is 2. The summed E-state index contributed by atoms with van der Waals surface area (Å²) < 4.78 is 1.14. The molecule has 1 heterocycles. The van der Waals surface area contributed by atoms with Crippen molar-refractivity contribution in [3.8, 4) is 0 Å². The maximum Gasteiger partial charge on any atom is 0.315 e. The fraction of sp³-hybridized carbons (Fsp3) is 0.222. The number of fused-ring (bicyclic) bond motifs is 1. The number of carbonyl (C=O) groups excluding carboxylic acids is 1. The largest absolute Gasteiger partial charge is 0.332 e. The predicted octanol–water partition coefficient (Wildman–Crippen LogP) is 4.17. The SMILES string of the molecule is Cc1ccccc1[C@H](C)NC(=O)NCc1nc2ccccc2s1. The lowest BCUT2D eigenvalue weighted by atomic mass is 10.0. The number of rotatable bonds is 4. The van der Waals surface area contributed by atoms with Gasteiger partial charge in [0.15, 0.2) is 0 Å². The molecule has 0 aliphatic carbocycles. The summed E-state index contributed by atoms with van der Waals surface area (Å²) in [6, 6.07) is 15.8. The lowest BCUT2D eigenvalue weighted by Crippen LogP contribution is -2.36. The van der Waals surface area contributed by atoms with Gasteiger partial charge in [-0.2, -0.15) is 0 Å². The van der Waals surface area contributed by atoms with Crippen molar-refractivity contribution in [3.63, 3.8) is 0 Å². The van der Waals surface area contributed by atoms with Crippen LogP contribution in [0.2, 0.25) is 0 Å². The highest BCUT2D eigenvalue weighted by Crippen LogP contribution is 2.21. The molecule has 0 bridgehead atoms. The number of nitrogens with zero attached hydrogens (tertiary/aromatic N) is 1. The quantitative estimate of drug-likeness (QED) is 0.756. The number of hydrogen-bond acceptors (Lipinski definition) is 3. The molecule has 0 aliphatic rings. The molecule has 2 amide bonds. The van der Waals surface area contributed by atoms with Crippen molar-refractivity contribution in [2.75, 3.05) is 0 Å². The number of hydrogen-bond donors (Lipinski definition) is 2. The van der Waals surface area contributed by atoms with E-state index in [1.807, 2.05) is 62.4 Å². The minimum absolute atomic E-state index is 0.0356. The van der Waals surface area contributed by atoms with Crippen molar-refractivity contribution in [1.29, 1.82) is 0 Å². The van der Waals surface area contributed by atoms with Crippen LogP contribution in [0.4, 0.5) is 4.79 Å². The van der Waals surface area contributed by atoms with E-state index >= 15 is 0 Å². The third-order valence-electron chi connectivity index (χ3n) is 3.74. The lowest BCUT2D eigenvalue weighted by molar-refractivity contribution is 0.237. The van der Waals surface area contributed by atoms with Gasteiger partial charge in [-0.05, 0) is 37.1 Å². The van der Waals surface area contributed by atoms with Crippen molar-refractivity contribution in [3.05, 3.63) is 64.7 Å². The molecular formula is C18H19N3OS. The number of urea groups is 1. The van der Waals surface area contributed by atoms with Crippen molar-refractivity contribution < 1.29 is 4.79 Å². The average molecular weight is 325 g/mol. The minimum Gasteiger partial charge on any atom is -0.332 e. The number of carbonyl (C=O) groups is 1. The summed E-state index contributed by atoms with van der Waals surface area (Å²) in [4.78, 5) is 16.6. The van der Waals surface area contributed by atoms with Crippen molar-refractivity contribution in [1.82, 2.24) is 15.6 Å². The lowest BCUT2D eigenvalue weighted by Gasteiger charge is -2.16. The summed E-state index contributed by atoms with van der Waals surface area (Å²) in [6.07, 6.45) is 0. The smallest absolute Gasteiger partial charge is 0.315 e. The van der Waals surface area contributed by atoms with Gasteiger partial charge in [-0.25, -0.2) is 9.78 Å². The van der Waals surface area contributed by atoms with E-state index in [4.69, 9.17) is 0 Å².